The van der Waals surface area contributed by atoms with Crippen LogP contribution in [0.1, 0.15) is 20.7 Å². The first kappa shape index (κ1) is 20.3. The van der Waals surface area contributed by atoms with Crippen molar-refractivity contribution < 1.29 is 19.2 Å². The maximum atomic E-state index is 12.4. The number of anilines is 4. The summed E-state index contributed by atoms with van der Waals surface area (Å²) in [6.45, 7) is 0. The van der Waals surface area contributed by atoms with Crippen molar-refractivity contribution in [3.8, 4) is 0 Å². The van der Waals surface area contributed by atoms with Crippen molar-refractivity contribution in [2.75, 3.05) is 21.3 Å². The second kappa shape index (κ2) is 9.65. The van der Waals surface area contributed by atoms with Crippen molar-refractivity contribution in [1.29, 1.82) is 0 Å². The molecule has 0 unspecified atom stereocenters. The lowest BCUT2D eigenvalue weighted by molar-refractivity contribution is -0.106. The van der Waals surface area contributed by atoms with Gasteiger partial charge in [-0.3, -0.25) is 19.2 Å². The van der Waals surface area contributed by atoms with Gasteiger partial charge < -0.3 is 21.3 Å². The highest BCUT2D eigenvalue weighted by Gasteiger charge is 2.10. The third-order valence-electron chi connectivity index (χ3n) is 4.15. The predicted molar refractivity (Wildman–Crippen MR) is 115 cm³/mol. The summed E-state index contributed by atoms with van der Waals surface area (Å²) in [6, 6.07) is 19.6. The maximum Gasteiger partial charge on any atom is 0.255 e. The highest BCUT2D eigenvalue weighted by atomic mass is 16.2. The number of nitrogens with one attached hydrogen (secondary N) is 4. The van der Waals surface area contributed by atoms with Gasteiger partial charge in [-0.2, -0.15) is 0 Å². The second-order valence-corrected chi connectivity index (χ2v) is 6.16. The van der Waals surface area contributed by atoms with Gasteiger partial charge in [0.2, 0.25) is 12.8 Å². The third-order valence-corrected chi connectivity index (χ3v) is 4.15. The minimum absolute atomic E-state index is 0.323. The van der Waals surface area contributed by atoms with Gasteiger partial charge in [0.25, 0.3) is 11.8 Å². The van der Waals surface area contributed by atoms with Gasteiger partial charge in [0.15, 0.2) is 0 Å². The van der Waals surface area contributed by atoms with E-state index in [1.807, 2.05) is 0 Å². The smallest absolute Gasteiger partial charge is 0.255 e. The van der Waals surface area contributed by atoms with E-state index in [2.05, 4.69) is 21.3 Å². The second-order valence-electron chi connectivity index (χ2n) is 6.16. The van der Waals surface area contributed by atoms with Gasteiger partial charge in [0.05, 0.1) is 0 Å². The molecule has 0 aromatic heterocycles. The predicted octanol–water partition coefficient (Wildman–Crippen LogP) is 3.33. The monoisotopic (exact) mass is 402 g/mol. The Labute approximate surface area is 172 Å². The average molecular weight is 402 g/mol. The maximum absolute atomic E-state index is 12.4. The Morgan fingerprint density at radius 3 is 1.10 bits per heavy atom. The van der Waals surface area contributed by atoms with Crippen molar-refractivity contribution in [2.45, 2.75) is 0 Å². The molecule has 0 radical (unpaired) electrons. The Morgan fingerprint density at radius 2 is 0.800 bits per heavy atom. The molecular formula is C22H18N4O4. The van der Waals surface area contributed by atoms with Crippen molar-refractivity contribution in [1.82, 2.24) is 0 Å². The van der Waals surface area contributed by atoms with Crippen LogP contribution in [0.4, 0.5) is 22.7 Å². The van der Waals surface area contributed by atoms with E-state index < -0.39 is 0 Å². The molecule has 0 aliphatic rings. The minimum atomic E-state index is -0.323. The molecule has 3 rings (SSSR count). The van der Waals surface area contributed by atoms with E-state index in [1.54, 1.807) is 72.8 Å². The van der Waals surface area contributed by atoms with Crippen LogP contribution in [0.2, 0.25) is 0 Å². The summed E-state index contributed by atoms with van der Waals surface area (Å²) in [5.41, 5.74) is 3.18. The average Bonchev–Trinajstić information content (AvgIpc) is 2.77. The summed E-state index contributed by atoms with van der Waals surface area (Å²) in [5.74, 6) is -0.646. The molecule has 0 fully saturated rings. The van der Waals surface area contributed by atoms with E-state index in [4.69, 9.17) is 0 Å². The Morgan fingerprint density at radius 1 is 0.500 bits per heavy atom. The molecule has 0 aliphatic carbocycles. The standard InChI is InChI=1S/C22H18N4O4/c27-13-23-17-5-9-19(10-6-17)25-21(29)15-1-2-16(4-3-15)22(30)26-20-11-7-18(8-12-20)24-14-28/h1-14H,(H,23,27)(H,24,28)(H,25,29)(H,26,30). The number of carbonyl (C=O) groups is 4. The van der Waals surface area contributed by atoms with E-state index >= 15 is 0 Å². The first-order valence-corrected chi connectivity index (χ1v) is 8.92. The largest absolute Gasteiger partial charge is 0.329 e. The first-order valence-electron chi connectivity index (χ1n) is 8.92. The molecule has 0 heterocycles. The fraction of sp³-hybridized carbons (Fsp3) is 0. The van der Waals surface area contributed by atoms with Crippen LogP contribution in [0.5, 0.6) is 0 Å². The lowest BCUT2D eigenvalue weighted by Gasteiger charge is -2.08. The van der Waals surface area contributed by atoms with Crippen molar-refractivity contribution >= 4 is 47.4 Å². The van der Waals surface area contributed by atoms with Gasteiger partial charge in [-0.15, -0.1) is 0 Å². The molecule has 150 valence electrons. The number of carbonyl (C=O) groups excluding carboxylic acids is 4. The van der Waals surface area contributed by atoms with Crippen molar-refractivity contribution in [3.05, 3.63) is 83.9 Å². The molecule has 0 spiro atoms. The van der Waals surface area contributed by atoms with Crippen LogP contribution >= 0.6 is 0 Å². The summed E-state index contributed by atoms with van der Waals surface area (Å²) in [6.07, 6.45) is 1.15. The van der Waals surface area contributed by atoms with Gasteiger partial charge in [0.1, 0.15) is 0 Å². The van der Waals surface area contributed by atoms with E-state index in [0.29, 0.717) is 46.7 Å². The molecule has 30 heavy (non-hydrogen) atoms. The lowest BCUT2D eigenvalue weighted by atomic mass is 10.1. The van der Waals surface area contributed by atoms with Crippen LogP contribution in [0.25, 0.3) is 0 Å². The Balaban J connectivity index is 1.60. The topological polar surface area (TPSA) is 116 Å². The molecule has 0 bridgehead atoms. The first-order chi connectivity index (χ1) is 14.6. The molecule has 0 saturated carbocycles. The van der Waals surface area contributed by atoms with Crippen LogP contribution in [0.15, 0.2) is 72.8 Å². The van der Waals surface area contributed by atoms with Crippen LogP contribution in [-0.4, -0.2) is 24.6 Å². The Bertz CT molecular complexity index is 960. The van der Waals surface area contributed by atoms with Gasteiger partial charge >= 0.3 is 0 Å². The van der Waals surface area contributed by atoms with Crippen molar-refractivity contribution in [3.63, 3.8) is 0 Å². The van der Waals surface area contributed by atoms with Gasteiger partial charge in [-0.1, -0.05) is 0 Å². The molecule has 4 amide bonds. The fourth-order valence-corrected chi connectivity index (χ4v) is 2.62. The van der Waals surface area contributed by atoms with E-state index in [-0.39, 0.29) is 11.8 Å². The zero-order valence-electron chi connectivity index (χ0n) is 15.7. The fourth-order valence-electron chi connectivity index (χ4n) is 2.62. The minimum Gasteiger partial charge on any atom is -0.329 e. The number of benzene rings is 3. The molecule has 4 N–H and O–H groups in total. The van der Waals surface area contributed by atoms with Gasteiger partial charge in [0, 0.05) is 33.9 Å². The normalized spacial score (nSPS) is 9.87. The summed E-state index contributed by atoms with van der Waals surface area (Å²) >= 11 is 0. The molecule has 3 aromatic carbocycles. The van der Waals surface area contributed by atoms with Crippen LogP contribution < -0.4 is 21.3 Å². The summed E-state index contributed by atoms with van der Waals surface area (Å²) in [7, 11) is 0. The quantitative estimate of drug-likeness (QED) is 0.433. The van der Waals surface area contributed by atoms with Gasteiger partial charge in [-0.25, -0.2) is 0 Å². The molecule has 0 saturated heterocycles. The van der Waals surface area contributed by atoms with Crippen molar-refractivity contribution in [2.24, 2.45) is 0 Å². The SMILES string of the molecule is O=CNc1ccc(NC(=O)c2ccc(C(=O)Nc3ccc(NC=O)cc3)cc2)cc1. The number of hydrogen-bond donors (Lipinski definition) is 4. The molecule has 0 aliphatic heterocycles. The zero-order valence-corrected chi connectivity index (χ0v) is 15.7. The molecule has 8 heteroatoms. The number of amides is 4. The molecular weight excluding hydrogens is 384 g/mol. The summed E-state index contributed by atoms with van der Waals surface area (Å²) in [5, 5.41) is 10.5. The van der Waals surface area contributed by atoms with Crippen LogP contribution in [0.3, 0.4) is 0 Å². The Hall–Kier alpha value is -4.46. The highest BCUT2D eigenvalue weighted by Crippen LogP contribution is 2.16. The van der Waals surface area contributed by atoms with E-state index in [0.717, 1.165) is 0 Å². The molecule has 8 nitrogen and oxygen atoms in total. The summed E-state index contributed by atoms with van der Waals surface area (Å²) in [4.78, 5) is 45.6. The van der Waals surface area contributed by atoms with E-state index in [9.17, 15) is 19.2 Å². The molecule has 3 aromatic rings. The summed E-state index contributed by atoms with van der Waals surface area (Å²) < 4.78 is 0. The number of hydrogen-bond acceptors (Lipinski definition) is 4. The lowest BCUT2D eigenvalue weighted by Crippen LogP contribution is -2.14. The third kappa shape index (κ3) is 5.29. The zero-order chi connectivity index (χ0) is 21.3. The highest BCUT2D eigenvalue weighted by molar-refractivity contribution is 6.07. The Kier molecular flexibility index (Phi) is 6.52. The number of rotatable bonds is 8. The molecule has 0 atom stereocenters. The van der Waals surface area contributed by atoms with Crippen LogP contribution in [-0.2, 0) is 9.59 Å². The van der Waals surface area contributed by atoms with Crippen LogP contribution in [0, 0.1) is 0 Å². The van der Waals surface area contributed by atoms with E-state index in [1.165, 1.54) is 0 Å². The van der Waals surface area contributed by atoms with Gasteiger partial charge in [-0.05, 0) is 72.8 Å².